The van der Waals surface area contributed by atoms with Gasteiger partial charge in [-0.15, -0.1) is 0 Å². The molecule has 1 aromatic carbocycles. The van der Waals surface area contributed by atoms with Crippen LogP contribution in [0.2, 0.25) is 0 Å². The Labute approximate surface area is 118 Å². The maximum atomic E-state index is 12.9. The van der Waals surface area contributed by atoms with Crippen LogP contribution in [0.25, 0.3) is 0 Å². The number of benzene rings is 1. The van der Waals surface area contributed by atoms with E-state index < -0.39 is 34.7 Å². The lowest BCUT2D eigenvalue weighted by molar-refractivity contribution is -0.137. The number of carbonyl (C=O) groups excluding carboxylic acids is 1. The molecule has 1 atom stereocenters. The highest BCUT2D eigenvalue weighted by atomic mass is 19.4. The van der Waals surface area contributed by atoms with E-state index in [1.807, 2.05) is 0 Å². The number of carboxylic acid groups (broad SMARTS) is 1. The number of hydrogen-bond donors (Lipinski definition) is 2. The quantitative estimate of drug-likeness (QED) is 0.840. The van der Waals surface area contributed by atoms with Crippen LogP contribution in [0, 0.1) is 5.92 Å². The molecule has 1 amide bonds. The Morgan fingerprint density at radius 2 is 2.00 bits per heavy atom. The van der Waals surface area contributed by atoms with E-state index in [1.54, 1.807) is 0 Å². The fourth-order valence-electron chi connectivity index (χ4n) is 1.90. The van der Waals surface area contributed by atoms with Crippen molar-refractivity contribution in [2.45, 2.75) is 12.6 Å². The van der Waals surface area contributed by atoms with E-state index in [9.17, 15) is 22.8 Å². The second-order valence-electron chi connectivity index (χ2n) is 4.83. The molecule has 0 aromatic heterocycles. The number of carbonyl (C=O) groups is 2. The van der Waals surface area contributed by atoms with Gasteiger partial charge < -0.3 is 10.4 Å². The standard InChI is InChI=1S/C14H12F3NO3/c1-7-4-9(7)6-18-12(19)10-3-2-8(13(20)21)5-11(10)14(15,16)17/h2-3,5,9H,1,4,6H2,(H,18,19)(H,20,21). The zero-order chi connectivity index (χ0) is 15.8. The van der Waals surface area contributed by atoms with Crippen LogP contribution in [-0.4, -0.2) is 23.5 Å². The first kappa shape index (κ1) is 15.1. The van der Waals surface area contributed by atoms with Gasteiger partial charge in [-0.1, -0.05) is 12.2 Å². The first-order chi connectivity index (χ1) is 9.70. The molecule has 2 rings (SSSR count). The van der Waals surface area contributed by atoms with E-state index in [0.717, 1.165) is 24.1 Å². The summed E-state index contributed by atoms with van der Waals surface area (Å²) >= 11 is 0. The molecule has 1 aliphatic rings. The number of carboxylic acids is 1. The van der Waals surface area contributed by atoms with E-state index >= 15 is 0 Å². The van der Waals surface area contributed by atoms with Gasteiger partial charge in [0.1, 0.15) is 0 Å². The predicted octanol–water partition coefficient (Wildman–Crippen LogP) is 2.71. The van der Waals surface area contributed by atoms with E-state index in [0.29, 0.717) is 6.07 Å². The molecule has 112 valence electrons. The molecule has 1 aliphatic carbocycles. The fraction of sp³-hybridized carbons (Fsp3) is 0.286. The molecule has 0 saturated heterocycles. The number of nitrogens with one attached hydrogen (secondary N) is 1. The van der Waals surface area contributed by atoms with Crippen molar-refractivity contribution < 1.29 is 27.9 Å². The maximum absolute atomic E-state index is 12.9. The maximum Gasteiger partial charge on any atom is 0.417 e. The topological polar surface area (TPSA) is 66.4 Å². The molecule has 1 unspecified atom stereocenters. The van der Waals surface area contributed by atoms with Gasteiger partial charge in [-0.05, 0) is 24.6 Å². The summed E-state index contributed by atoms with van der Waals surface area (Å²) in [6.45, 7) is 3.92. The van der Waals surface area contributed by atoms with E-state index in [2.05, 4.69) is 11.9 Å². The highest BCUT2D eigenvalue weighted by Crippen LogP contribution is 2.35. The van der Waals surface area contributed by atoms with E-state index in [1.165, 1.54) is 0 Å². The first-order valence-corrected chi connectivity index (χ1v) is 6.10. The first-order valence-electron chi connectivity index (χ1n) is 6.10. The molecule has 0 radical (unpaired) electrons. The second kappa shape index (κ2) is 5.23. The van der Waals surface area contributed by atoms with Crippen LogP contribution in [-0.2, 0) is 6.18 Å². The fourth-order valence-corrected chi connectivity index (χ4v) is 1.90. The lowest BCUT2D eigenvalue weighted by Crippen LogP contribution is -2.28. The van der Waals surface area contributed by atoms with Gasteiger partial charge in [0.25, 0.3) is 5.91 Å². The second-order valence-corrected chi connectivity index (χ2v) is 4.83. The molecule has 21 heavy (non-hydrogen) atoms. The Kier molecular flexibility index (Phi) is 3.76. The van der Waals surface area contributed by atoms with Crippen molar-refractivity contribution in [3.8, 4) is 0 Å². The number of alkyl halides is 3. The summed E-state index contributed by atoms with van der Waals surface area (Å²) in [7, 11) is 0. The van der Waals surface area contributed by atoms with Crippen LogP contribution >= 0.6 is 0 Å². The molecule has 1 saturated carbocycles. The Morgan fingerprint density at radius 1 is 1.38 bits per heavy atom. The number of halogens is 3. The largest absolute Gasteiger partial charge is 0.478 e. The minimum atomic E-state index is -4.80. The van der Waals surface area contributed by atoms with Crippen molar-refractivity contribution in [3.63, 3.8) is 0 Å². The van der Waals surface area contributed by atoms with Crippen LogP contribution in [0.4, 0.5) is 13.2 Å². The van der Waals surface area contributed by atoms with Crippen LogP contribution in [0.5, 0.6) is 0 Å². The summed E-state index contributed by atoms with van der Waals surface area (Å²) in [5, 5.41) is 11.1. The van der Waals surface area contributed by atoms with Gasteiger partial charge in [-0.3, -0.25) is 4.79 Å². The van der Waals surface area contributed by atoms with E-state index in [-0.39, 0.29) is 12.5 Å². The minimum Gasteiger partial charge on any atom is -0.478 e. The van der Waals surface area contributed by atoms with Crippen molar-refractivity contribution in [1.29, 1.82) is 0 Å². The SMILES string of the molecule is C=C1CC1CNC(=O)c1ccc(C(=O)O)cc1C(F)(F)F. The molecule has 1 fully saturated rings. The molecular weight excluding hydrogens is 287 g/mol. The average molecular weight is 299 g/mol. The van der Waals surface area contributed by atoms with Crippen LogP contribution in [0.1, 0.15) is 32.7 Å². The molecule has 0 heterocycles. The van der Waals surface area contributed by atoms with E-state index in [4.69, 9.17) is 5.11 Å². The highest BCUT2D eigenvalue weighted by molar-refractivity contribution is 5.97. The lowest BCUT2D eigenvalue weighted by atomic mass is 10.0. The summed E-state index contributed by atoms with van der Waals surface area (Å²) < 4.78 is 38.8. The Bertz CT molecular complexity index is 622. The summed E-state index contributed by atoms with van der Waals surface area (Å²) in [5.41, 5.74) is -1.41. The number of aromatic carboxylic acids is 1. The van der Waals surface area contributed by atoms with Gasteiger partial charge in [0.05, 0.1) is 16.7 Å². The predicted molar refractivity (Wildman–Crippen MR) is 68.0 cm³/mol. The van der Waals surface area contributed by atoms with Crippen molar-refractivity contribution >= 4 is 11.9 Å². The third-order valence-corrected chi connectivity index (χ3v) is 3.25. The van der Waals surface area contributed by atoms with Gasteiger partial charge in [-0.25, -0.2) is 4.79 Å². The molecule has 4 nitrogen and oxygen atoms in total. The molecule has 7 heteroatoms. The summed E-state index contributed by atoms with van der Waals surface area (Å²) in [5.74, 6) is -2.25. The molecule has 0 bridgehead atoms. The normalized spacial score (nSPS) is 17.5. The van der Waals surface area contributed by atoms with Gasteiger partial charge in [-0.2, -0.15) is 13.2 Å². The third-order valence-electron chi connectivity index (χ3n) is 3.25. The summed E-state index contributed by atoms with van der Waals surface area (Å²) in [4.78, 5) is 22.6. The van der Waals surface area contributed by atoms with Crippen molar-refractivity contribution in [2.24, 2.45) is 5.92 Å². The lowest BCUT2D eigenvalue weighted by Gasteiger charge is -2.13. The average Bonchev–Trinajstić information content (AvgIpc) is 3.10. The molecule has 2 N–H and O–H groups in total. The molecule has 1 aromatic rings. The number of hydrogen-bond acceptors (Lipinski definition) is 2. The highest BCUT2D eigenvalue weighted by Gasteiger charge is 2.36. The summed E-state index contributed by atoms with van der Waals surface area (Å²) in [6.07, 6.45) is -4.05. The Balaban J connectivity index is 2.26. The van der Waals surface area contributed by atoms with Gasteiger partial charge in [0, 0.05) is 12.5 Å². The minimum absolute atomic E-state index is 0.113. The molecule has 0 aliphatic heterocycles. The van der Waals surface area contributed by atoms with Gasteiger partial charge >= 0.3 is 12.1 Å². The van der Waals surface area contributed by atoms with Crippen LogP contribution < -0.4 is 5.32 Å². The smallest absolute Gasteiger partial charge is 0.417 e. The monoisotopic (exact) mass is 299 g/mol. The van der Waals surface area contributed by atoms with Crippen molar-refractivity contribution in [1.82, 2.24) is 5.32 Å². The van der Waals surface area contributed by atoms with Crippen molar-refractivity contribution in [3.05, 3.63) is 47.0 Å². The molecular formula is C14H12F3NO3. The van der Waals surface area contributed by atoms with Crippen molar-refractivity contribution in [2.75, 3.05) is 6.54 Å². The third kappa shape index (κ3) is 3.42. The Hall–Kier alpha value is -2.31. The van der Waals surface area contributed by atoms with Gasteiger partial charge in [0.2, 0.25) is 0 Å². The zero-order valence-corrected chi connectivity index (χ0v) is 10.8. The van der Waals surface area contributed by atoms with Crippen LogP contribution in [0.15, 0.2) is 30.4 Å². The Morgan fingerprint density at radius 3 is 2.48 bits per heavy atom. The molecule has 0 spiro atoms. The number of rotatable bonds is 4. The van der Waals surface area contributed by atoms with Crippen LogP contribution in [0.3, 0.4) is 0 Å². The zero-order valence-electron chi connectivity index (χ0n) is 10.8. The number of amides is 1. The summed E-state index contributed by atoms with van der Waals surface area (Å²) in [6, 6.07) is 2.32. The van der Waals surface area contributed by atoms with Gasteiger partial charge in [0.15, 0.2) is 0 Å².